The smallest absolute Gasteiger partial charge is 0.0498 e. The highest BCUT2D eigenvalue weighted by Crippen LogP contribution is 2.07. The standard InChI is InChI=1S/C10H12OS/c1-3-4-9-5-7-10(8-6-9)12(2)11/h3,5-8H,1,4H2,2H3. The van der Waals surface area contributed by atoms with Gasteiger partial charge in [0.25, 0.3) is 0 Å². The van der Waals surface area contributed by atoms with Gasteiger partial charge in [-0.3, -0.25) is 4.21 Å². The fourth-order valence-corrected chi connectivity index (χ4v) is 1.50. The zero-order valence-electron chi connectivity index (χ0n) is 7.12. The van der Waals surface area contributed by atoms with Gasteiger partial charge in [0.05, 0.1) is 0 Å². The van der Waals surface area contributed by atoms with Gasteiger partial charge in [0.15, 0.2) is 0 Å². The molecule has 1 aromatic carbocycles. The van der Waals surface area contributed by atoms with E-state index >= 15 is 0 Å². The van der Waals surface area contributed by atoms with Crippen LogP contribution in [0.5, 0.6) is 0 Å². The van der Waals surface area contributed by atoms with Crippen molar-refractivity contribution in [2.24, 2.45) is 0 Å². The quantitative estimate of drug-likeness (QED) is 0.651. The van der Waals surface area contributed by atoms with Crippen LogP contribution in [0.3, 0.4) is 0 Å². The van der Waals surface area contributed by atoms with Crippen molar-refractivity contribution >= 4 is 10.8 Å². The first-order chi connectivity index (χ1) is 5.74. The number of benzene rings is 1. The fourth-order valence-electron chi connectivity index (χ4n) is 0.984. The van der Waals surface area contributed by atoms with Crippen molar-refractivity contribution in [2.75, 3.05) is 6.26 Å². The second kappa shape index (κ2) is 4.21. The predicted octanol–water partition coefficient (Wildman–Crippen LogP) is 2.15. The minimum Gasteiger partial charge on any atom is -0.255 e. The topological polar surface area (TPSA) is 17.1 Å². The van der Waals surface area contributed by atoms with E-state index in [-0.39, 0.29) is 0 Å². The molecule has 2 heteroatoms. The summed E-state index contributed by atoms with van der Waals surface area (Å²) >= 11 is 0. The molecule has 1 unspecified atom stereocenters. The highest BCUT2D eigenvalue weighted by molar-refractivity contribution is 7.84. The summed E-state index contributed by atoms with van der Waals surface area (Å²) in [7, 11) is -0.867. The van der Waals surface area contributed by atoms with E-state index in [9.17, 15) is 4.21 Å². The summed E-state index contributed by atoms with van der Waals surface area (Å²) in [6, 6.07) is 7.76. The third-order valence-electron chi connectivity index (χ3n) is 1.64. The first-order valence-electron chi connectivity index (χ1n) is 3.77. The van der Waals surface area contributed by atoms with Crippen molar-refractivity contribution in [1.29, 1.82) is 0 Å². The maximum absolute atomic E-state index is 11.0. The minimum atomic E-state index is -0.867. The normalized spacial score (nSPS) is 12.4. The van der Waals surface area contributed by atoms with Gasteiger partial charge >= 0.3 is 0 Å². The van der Waals surface area contributed by atoms with Crippen LogP contribution < -0.4 is 0 Å². The first-order valence-corrected chi connectivity index (χ1v) is 5.33. The Labute approximate surface area is 75.6 Å². The molecule has 1 atom stereocenters. The zero-order valence-corrected chi connectivity index (χ0v) is 7.93. The van der Waals surface area contributed by atoms with E-state index in [0.717, 1.165) is 11.3 Å². The van der Waals surface area contributed by atoms with Crippen LogP contribution in [0, 0.1) is 0 Å². The molecule has 0 aliphatic rings. The Morgan fingerprint density at radius 1 is 1.42 bits per heavy atom. The van der Waals surface area contributed by atoms with Crippen LogP contribution in [0.2, 0.25) is 0 Å². The number of rotatable bonds is 3. The van der Waals surface area contributed by atoms with Crippen LogP contribution in [0.25, 0.3) is 0 Å². The van der Waals surface area contributed by atoms with Gasteiger partial charge in [0.1, 0.15) is 0 Å². The molecule has 0 fully saturated rings. The molecule has 0 N–H and O–H groups in total. The summed E-state index contributed by atoms with van der Waals surface area (Å²) in [5.74, 6) is 0. The van der Waals surface area contributed by atoms with Crippen LogP contribution in [0.1, 0.15) is 5.56 Å². The van der Waals surface area contributed by atoms with Crippen LogP contribution >= 0.6 is 0 Å². The van der Waals surface area contributed by atoms with Crippen LogP contribution in [0.15, 0.2) is 41.8 Å². The SMILES string of the molecule is C=CCc1ccc(S(C)=O)cc1. The predicted molar refractivity (Wildman–Crippen MR) is 52.7 cm³/mol. The summed E-state index contributed by atoms with van der Waals surface area (Å²) in [5, 5.41) is 0. The van der Waals surface area contributed by atoms with Crippen LogP contribution in [-0.4, -0.2) is 10.5 Å². The van der Waals surface area contributed by atoms with Crippen molar-refractivity contribution in [1.82, 2.24) is 0 Å². The molecule has 0 heterocycles. The number of hydrogen-bond acceptors (Lipinski definition) is 1. The van der Waals surface area contributed by atoms with E-state index in [1.165, 1.54) is 5.56 Å². The Morgan fingerprint density at radius 2 is 2.00 bits per heavy atom. The molecule has 0 saturated carbocycles. The monoisotopic (exact) mass is 180 g/mol. The maximum atomic E-state index is 11.0. The van der Waals surface area contributed by atoms with E-state index in [0.29, 0.717) is 0 Å². The lowest BCUT2D eigenvalue weighted by Crippen LogP contribution is -1.87. The summed E-state index contributed by atoms with van der Waals surface area (Å²) in [6.07, 6.45) is 4.41. The van der Waals surface area contributed by atoms with Gasteiger partial charge in [-0.15, -0.1) is 6.58 Å². The summed E-state index contributed by atoms with van der Waals surface area (Å²) < 4.78 is 11.0. The average Bonchev–Trinajstić information content (AvgIpc) is 2.06. The number of hydrogen-bond donors (Lipinski definition) is 0. The number of allylic oxidation sites excluding steroid dienone is 1. The summed E-state index contributed by atoms with van der Waals surface area (Å²) in [5.41, 5.74) is 1.21. The molecule has 0 aliphatic carbocycles. The lowest BCUT2D eigenvalue weighted by molar-refractivity contribution is 0.687. The Morgan fingerprint density at radius 3 is 2.42 bits per heavy atom. The molecule has 1 aromatic rings. The van der Waals surface area contributed by atoms with Crippen molar-refractivity contribution in [2.45, 2.75) is 11.3 Å². The van der Waals surface area contributed by atoms with Crippen LogP contribution in [-0.2, 0) is 17.2 Å². The summed E-state index contributed by atoms with van der Waals surface area (Å²) in [6.45, 7) is 3.65. The van der Waals surface area contributed by atoms with Gasteiger partial charge in [-0.25, -0.2) is 0 Å². The first kappa shape index (κ1) is 9.20. The second-order valence-electron chi connectivity index (χ2n) is 2.59. The van der Waals surface area contributed by atoms with Crippen molar-refractivity contribution < 1.29 is 4.21 Å². The molecule has 0 saturated heterocycles. The van der Waals surface area contributed by atoms with Gasteiger partial charge in [-0.2, -0.15) is 0 Å². The van der Waals surface area contributed by atoms with Gasteiger partial charge in [0, 0.05) is 22.0 Å². The highest BCUT2D eigenvalue weighted by atomic mass is 32.2. The zero-order chi connectivity index (χ0) is 8.97. The second-order valence-corrected chi connectivity index (χ2v) is 3.97. The van der Waals surface area contributed by atoms with E-state index in [2.05, 4.69) is 6.58 Å². The lowest BCUT2D eigenvalue weighted by atomic mass is 10.2. The Kier molecular flexibility index (Phi) is 3.23. The Hall–Kier alpha value is -0.890. The van der Waals surface area contributed by atoms with E-state index in [4.69, 9.17) is 0 Å². The van der Waals surface area contributed by atoms with Crippen molar-refractivity contribution in [3.63, 3.8) is 0 Å². The molecule has 0 aliphatic heterocycles. The van der Waals surface area contributed by atoms with E-state index in [1.807, 2.05) is 30.3 Å². The van der Waals surface area contributed by atoms with Crippen LogP contribution in [0.4, 0.5) is 0 Å². The lowest BCUT2D eigenvalue weighted by Gasteiger charge is -1.98. The Balaban J connectivity index is 2.85. The molecule has 12 heavy (non-hydrogen) atoms. The molecule has 0 radical (unpaired) electrons. The fraction of sp³-hybridized carbons (Fsp3) is 0.200. The maximum Gasteiger partial charge on any atom is 0.0498 e. The molecule has 0 aromatic heterocycles. The highest BCUT2D eigenvalue weighted by Gasteiger charge is 1.95. The van der Waals surface area contributed by atoms with Gasteiger partial charge < -0.3 is 0 Å². The molecule has 0 spiro atoms. The third-order valence-corrected chi connectivity index (χ3v) is 2.57. The molecular formula is C10H12OS. The van der Waals surface area contributed by atoms with Crippen molar-refractivity contribution in [3.8, 4) is 0 Å². The minimum absolute atomic E-state index is 0.867. The largest absolute Gasteiger partial charge is 0.255 e. The Bertz CT molecular complexity index is 287. The van der Waals surface area contributed by atoms with E-state index in [1.54, 1.807) is 6.26 Å². The van der Waals surface area contributed by atoms with Gasteiger partial charge in [0.2, 0.25) is 0 Å². The summed E-state index contributed by atoms with van der Waals surface area (Å²) in [4.78, 5) is 0.878. The van der Waals surface area contributed by atoms with Gasteiger partial charge in [-0.1, -0.05) is 18.2 Å². The van der Waals surface area contributed by atoms with E-state index < -0.39 is 10.8 Å². The van der Waals surface area contributed by atoms with Crippen molar-refractivity contribution in [3.05, 3.63) is 42.5 Å². The molecule has 1 nitrogen and oxygen atoms in total. The molecule has 1 rings (SSSR count). The molecule has 0 bridgehead atoms. The van der Waals surface area contributed by atoms with Gasteiger partial charge in [-0.05, 0) is 24.1 Å². The average molecular weight is 180 g/mol. The molecule has 0 amide bonds. The third kappa shape index (κ3) is 2.31. The molecular weight excluding hydrogens is 168 g/mol. The molecule has 64 valence electrons.